The number of thioether (sulfide) groups is 1. The highest BCUT2D eigenvalue weighted by Gasteiger charge is 2.39. The summed E-state index contributed by atoms with van der Waals surface area (Å²) < 4.78 is 5.21. The van der Waals surface area contributed by atoms with Crippen LogP contribution in [0.1, 0.15) is 30.7 Å². The molecule has 0 bridgehead atoms. The number of hydrogen-bond acceptors (Lipinski definition) is 4. The number of benzene rings is 1. The molecular formula is C16H24N2O2S. The predicted octanol–water partition coefficient (Wildman–Crippen LogP) is 2.66. The zero-order valence-electron chi connectivity index (χ0n) is 13.0. The van der Waals surface area contributed by atoms with Crippen LogP contribution in [0.2, 0.25) is 0 Å². The van der Waals surface area contributed by atoms with Crippen molar-refractivity contribution in [3.8, 4) is 5.75 Å². The Kier molecular flexibility index (Phi) is 5.94. The summed E-state index contributed by atoms with van der Waals surface area (Å²) >= 11 is 1.77. The number of carbonyl (C=O) groups is 1. The van der Waals surface area contributed by atoms with Crippen molar-refractivity contribution in [2.75, 3.05) is 27.2 Å². The number of carbonyl (C=O) groups excluding carboxylic acids is 1. The molecule has 2 rings (SSSR count). The van der Waals surface area contributed by atoms with Crippen LogP contribution in [0.25, 0.3) is 0 Å². The average Bonchev–Trinajstić information content (AvgIpc) is 2.84. The summed E-state index contributed by atoms with van der Waals surface area (Å²) in [7, 11) is 3.61. The fourth-order valence-electron chi connectivity index (χ4n) is 2.54. The molecule has 2 atom stereocenters. The van der Waals surface area contributed by atoms with Gasteiger partial charge in [0.05, 0.1) is 12.4 Å². The van der Waals surface area contributed by atoms with Crippen LogP contribution in [0.15, 0.2) is 24.3 Å². The molecule has 116 valence electrons. The summed E-state index contributed by atoms with van der Waals surface area (Å²) in [6.45, 7) is 3.82. The minimum atomic E-state index is 0.0895. The molecule has 1 aliphatic rings. The third kappa shape index (κ3) is 3.71. The smallest absolute Gasteiger partial charge is 0.236 e. The van der Waals surface area contributed by atoms with Crippen LogP contribution >= 0.6 is 11.8 Å². The Hall–Kier alpha value is -1.20. The largest absolute Gasteiger partial charge is 0.497 e. The lowest BCUT2D eigenvalue weighted by molar-refractivity contribution is -0.130. The maximum atomic E-state index is 12.5. The molecule has 0 radical (unpaired) electrons. The number of methoxy groups -OCH3 is 1. The number of nitrogens with zero attached hydrogens (tertiary/aromatic N) is 1. The maximum Gasteiger partial charge on any atom is 0.236 e. The Balaban J connectivity index is 2.14. The molecule has 0 spiro atoms. The van der Waals surface area contributed by atoms with Crippen molar-refractivity contribution in [1.82, 2.24) is 10.2 Å². The predicted molar refractivity (Wildman–Crippen MR) is 87.7 cm³/mol. The molecule has 1 aromatic rings. The molecule has 2 unspecified atom stereocenters. The van der Waals surface area contributed by atoms with Crippen molar-refractivity contribution >= 4 is 17.7 Å². The Morgan fingerprint density at radius 1 is 1.33 bits per heavy atom. The third-order valence-electron chi connectivity index (χ3n) is 3.73. The highest BCUT2D eigenvalue weighted by molar-refractivity contribution is 8.01. The van der Waals surface area contributed by atoms with Crippen LogP contribution in [-0.4, -0.2) is 43.3 Å². The fraction of sp³-hybridized carbons (Fsp3) is 0.562. The number of rotatable bonds is 7. The summed E-state index contributed by atoms with van der Waals surface area (Å²) in [6.07, 6.45) is 1.87. The van der Waals surface area contributed by atoms with E-state index in [0.29, 0.717) is 0 Å². The first-order chi connectivity index (χ1) is 10.2. The van der Waals surface area contributed by atoms with Gasteiger partial charge in [-0.15, -0.1) is 11.8 Å². The number of hydrogen-bond donors (Lipinski definition) is 1. The molecule has 1 aliphatic heterocycles. The lowest BCUT2D eigenvalue weighted by Gasteiger charge is -2.24. The van der Waals surface area contributed by atoms with E-state index in [9.17, 15) is 4.79 Å². The summed E-state index contributed by atoms with van der Waals surface area (Å²) in [5.41, 5.74) is 1.18. The monoisotopic (exact) mass is 308 g/mol. The van der Waals surface area contributed by atoms with E-state index in [2.05, 4.69) is 24.4 Å². The summed E-state index contributed by atoms with van der Waals surface area (Å²) in [5, 5.41) is 3.36. The van der Waals surface area contributed by atoms with Crippen LogP contribution < -0.4 is 10.1 Å². The van der Waals surface area contributed by atoms with E-state index in [0.717, 1.165) is 31.7 Å². The van der Waals surface area contributed by atoms with E-state index in [1.165, 1.54) is 5.56 Å². The second kappa shape index (κ2) is 7.71. The molecule has 5 heteroatoms. The molecule has 1 amide bonds. The van der Waals surface area contributed by atoms with Gasteiger partial charge in [0.1, 0.15) is 11.1 Å². The van der Waals surface area contributed by atoms with E-state index in [-0.39, 0.29) is 16.5 Å². The average molecular weight is 308 g/mol. The number of amides is 1. The highest BCUT2D eigenvalue weighted by atomic mass is 32.2. The summed E-state index contributed by atoms with van der Waals surface area (Å²) in [4.78, 5) is 14.5. The molecule has 1 aromatic carbocycles. The van der Waals surface area contributed by atoms with Gasteiger partial charge in [-0.3, -0.25) is 4.79 Å². The molecule has 1 fully saturated rings. The molecule has 0 aliphatic carbocycles. The third-order valence-corrected chi connectivity index (χ3v) is 5.38. The van der Waals surface area contributed by atoms with E-state index < -0.39 is 0 Å². The van der Waals surface area contributed by atoms with Crippen LogP contribution in [0, 0.1) is 0 Å². The van der Waals surface area contributed by atoms with Gasteiger partial charge in [0, 0.05) is 6.54 Å². The van der Waals surface area contributed by atoms with E-state index >= 15 is 0 Å². The van der Waals surface area contributed by atoms with Gasteiger partial charge in [0.25, 0.3) is 0 Å². The Morgan fingerprint density at radius 2 is 2.05 bits per heavy atom. The normalized spacial score (nSPS) is 21.9. The summed E-state index contributed by atoms with van der Waals surface area (Å²) in [6, 6.07) is 8.05. The van der Waals surface area contributed by atoms with Gasteiger partial charge in [-0.2, -0.15) is 0 Å². The highest BCUT2D eigenvalue weighted by Crippen LogP contribution is 2.44. The molecular weight excluding hydrogens is 284 g/mol. The van der Waals surface area contributed by atoms with Crippen molar-refractivity contribution in [3.63, 3.8) is 0 Å². The lowest BCUT2D eigenvalue weighted by atomic mass is 10.2. The number of nitrogens with one attached hydrogen (secondary N) is 1. The first-order valence-corrected chi connectivity index (χ1v) is 8.40. The minimum Gasteiger partial charge on any atom is -0.497 e. The fourth-order valence-corrected chi connectivity index (χ4v) is 3.97. The quantitative estimate of drug-likeness (QED) is 0.786. The minimum absolute atomic E-state index is 0.0895. The van der Waals surface area contributed by atoms with E-state index in [4.69, 9.17) is 4.74 Å². The second-order valence-corrected chi connectivity index (χ2v) is 6.43. The van der Waals surface area contributed by atoms with Gasteiger partial charge < -0.3 is 15.0 Å². The van der Waals surface area contributed by atoms with Gasteiger partial charge in [-0.1, -0.05) is 19.1 Å². The molecule has 0 saturated carbocycles. The zero-order valence-corrected chi connectivity index (χ0v) is 13.8. The standard InChI is InChI=1S/C16H24N2O2S/c1-4-14-15(19)18(11-5-10-17-2)16(21-14)12-6-8-13(20-3)9-7-12/h6-9,14,16-17H,4-5,10-11H2,1-3H3. The van der Waals surface area contributed by atoms with Crippen LogP contribution in [0.4, 0.5) is 0 Å². The summed E-state index contributed by atoms with van der Waals surface area (Å²) in [5.74, 6) is 1.13. The van der Waals surface area contributed by atoms with Crippen molar-refractivity contribution in [2.45, 2.75) is 30.4 Å². The lowest BCUT2D eigenvalue weighted by Crippen LogP contribution is -2.33. The van der Waals surface area contributed by atoms with Gasteiger partial charge >= 0.3 is 0 Å². The molecule has 1 saturated heterocycles. The van der Waals surface area contributed by atoms with E-state index in [1.807, 2.05) is 24.1 Å². The topological polar surface area (TPSA) is 41.6 Å². The van der Waals surface area contributed by atoms with Gasteiger partial charge in [0.15, 0.2) is 0 Å². The van der Waals surface area contributed by atoms with Crippen molar-refractivity contribution in [1.29, 1.82) is 0 Å². The maximum absolute atomic E-state index is 12.5. The van der Waals surface area contributed by atoms with Crippen LogP contribution in [0.3, 0.4) is 0 Å². The van der Waals surface area contributed by atoms with Gasteiger partial charge in [0.2, 0.25) is 5.91 Å². The molecule has 0 aromatic heterocycles. The van der Waals surface area contributed by atoms with Crippen LogP contribution in [0.5, 0.6) is 5.75 Å². The second-order valence-electron chi connectivity index (χ2n) is 5.15. The molecule has 21 heavy (non-hydrogen) atoms. The molecule has 1 N–H and O–H groups in total. The van der Waals surface area contributed by atoms with Gasteiger partial charge in [-0.25, -0.2) is 0 Å². The first kappa shape index (κ1) is 16.2. The van der Waals surface area contributed by atoms with Crippen LogP contribution in [-0.2, 0) is 4.79 Å². The first-order valence-electron chi connectivity index (χ1n) is 7.45. The van der Waals surface area contributed by atoms with Crippen molar-refractivity contribution in [2.24, 2.45) is 0 Å². The molecule has 4 nitrogen and oxygen atoms in total. The zero-order chi connectivity index (χ0) is 15.2. The van der Waals surface area contributed by atoms with Crippen molar-refractivity contribution < 1.29 is 9.53 Å². The Labute approximate surface area is 131 Å². The molecule has 1 heterocycles. The van der Waals surface area contributed by atoms with E-state index in [1.54, 1.807) is 18.9 Å². The Morgan fingerprint density at radius 3 is 2.62 bits per heavy atom. The Bertz CT molecular complexity index is 464. The SMILES string of the molecule is CCC1SC(c2ccc(OC)cc2)N(CCCNC)C1=O. The van der Waals surface area contributed by atoms with Gasteiger partial charge in [-0.05, 0) is 44.1 Å². The van der Waals surface area contributed by atoms with Crippen molar-refractivity contribution in [3.05, 3.63) is 29.8 Å². The number of ether oxygens (including phenoxy) is 1.